The van der Waals surface area contributed by atoms with Crippen LogP contribution in [0.5, 0.6) is 11.5 Å². The van der Waals surface area contributed by atoms with E-state index < -0.39 is 15.4 Å². The summed E-state index contributed by atoms with van der Waals surface area (Å²) in [6.45, 7) is 4.12. The van der Waals surface area contributed by atoms with Crippen LogP contribution in [0, 0.1) is 0 Å². The number of hydrogen-bond donors (Lipinski definition) is 1. The summed E-state index contributed by atoms with van der Waals surface area (Å²) in [5.41, 5.74) is -0.240. The topological polar surface area (TPSA) is 76.1 Å². The van der Waals surface area contributed by atoms with Crippen molar-refractivity contribution in [3.05, 3.63) is 17.7 Å². The Morgan fingerprint density at radius 3 is 2.38 bits per heavy atom. The highest BCUT2D eigenvalue weighted by Crippen LogP contribution is 2.40. The number of sulfone groups is 1. The van der Waals surface area contributed by atoms with Crippen LogP contribution in [0.4, 0.5) is 0 Å². The summed E-state index contributed by atoms with van der Waals surface area (Å²) in [5.74, 6) is 0.731. The van der Waals surface area contributed by atoms with Crippen molar-refractivity contribution in [3.8, 4) is 11.5 Å². The van der Waals surface area contributed by atoms with Gasteiger partial charge >= 0.3 is 0 Å². The Balaban J connectivity index is 2.57. The first kappa shape index (κ1) is 19.0. The monoisotopic (exact) mass is 357 g/mol. The Morgan fingerprint density at radius 2 is 1.83 bits per heavy atom. The van der Waals surface area contributed by atoms with Crippen LogP contribution in [0.1, 0.15) is 45.1 Å². The maximum Gasteiger partial charge on any atom is 0.180 e. The van der Waals surface area contributed by atoms with Crippen molar-refractivity contribution in [3.63, 3.8) is 0 Å². The molecule has 1 atom stereocenters. The minimum atomic E-state index is -3.56. The molecule has 0 amide bonds. The van der Waals surface area contributed by atoms with Crippen LogP contribution >= 0.6 is 0 Å². The van der Waals surface area contributed by atoms with Gasteiger partial charge in [-0.3, -0.25) is 0 Å². The molecule has 0 spiro atoms. The van der Waals surface area contributed by atoms with Crippen LogP contribution in [-0.4, -0.2) is 44.2 Å². The van der Waals surface area contributed by atoms with Crippen molar-refractivity contribution < 1.29 is 23.1 Å². The first-order valence-corrected chi connectivity index (χ1v) is 9.93. The Labute approximate surface area is 144 Å². The molecule has 6 nitrogen and oxygen atoms in total. The van der Waals surface area contributed by atoms with Gasteiger partial charge in [0.15, 0.2) is 21.3 Å². The number of hydroxylamine groups is 2. The molecule has 7 heteroatoms. The first-order chi connectivity index (χ1) is 11.3. The van der Waals surface area contributed by atoms with Gasteiger partial charge in [-0.25, -0.2) is 8.42 Å². The van der Waals surface area contributed by atoms with E-state index in [0.717, 1.165) is 12.8 Å². The lowest BCUT2D eigenvalue weighted by Gasteiger charge is -2.37. The average Bonchev–Trinajstić information content (AvgIpc) is 2.64. The number of hydrogen-bond acceptors (Lipinski definition) is 6. The molecule has 2 rings (SSSR count). The molecule has 0 saturated carbocycles. The van der Waals surface area contributed by atoms with Gasteiger partial charge in [0, 0.05) is 6.07 Å². The van der Waals surface area contributed by atoms with Gasteiger partial charge in [0.25, 0.3) is 0 Å². The summed E-state index contributed by atoms with van der Waals surface area (Å²) in [6, 6.07) is 3.14. The second-order valence-electron chi connectivity index (χ2n) is 6.31. The van der Waals surface area contributed by atoms with Crippen LogP contribution in [0.25, 0.3) is 0 Å². The summed E-state index contributed by atoms with van der Waals surface area (Å²) in [5, 5.41) is 11.9. The van der Waals surface area contributed by atoms with E-state index in [0.29, 0.717) is 29.9 Å². The highest BCUT2D eigenvalue weighted by Gasteiger charge is 2.43. The summed E-state index contributed by atoms with van der Waals surface area (Å²) < 4.78 is 36.5. The van der Waals surface area contributed by atoms with Crippen molar-refractivity contribution in [1.29, 1.82) is 0 Å². The van der Waals surface area contributed by atoms with Gasteiger partial charge in [-0.2, -0.15) is 5.06 Å². The lowest BCUT2D eigenvalue weighted by atomic mass is 9.91. The van der Waals surface area contributed by atoms with Crippen molar-refractivity contribution in [2.75, 3.05) is 20.0 Å². The number of unbranched alkanes of at least 4 members (excludes halogenated alkanes) is 1. The Bertz CT molecular complexity index is 688. The maximum absolute atomic E-state index is 13.0. The molecule has 136 valence electrons. The number of fused-ring (bicyclic) bond motifs is 1. The van der Waals surface area contributed by atoms with E-state index in [2.05, 4.69) is 6.92 Å². The fraction of sp³-hybridized carbons (Fsp3) is 0.647. The van der Waals surface area contributed by atoms with Gasteiger partial charge in [0.1, 0.15) is 0 Å². The first-order valence-electron chi connectivity index (χ1n) is 8.27. The normalized spacial score (nSPS) is 23.4. The van der Waals surface area contributed by atoms with Gasteiger partial charge in [0.2, 0.25) is 0 Å². The zero-order valence-electron chi connectivity index (χ0n) is 14.8. The largest absolute Gasteiger partial charge is 0.493 e. The quantitative estimate of drug-likeness (QED) is 0.843. The van der Waals surface area contributed by atoms with Crippen molar-refractivity contribution in [2.24, 2.45) is 0 Å². The lowest BCUT2D eigenvalue weighted by Crippen LogP contribution is -2.49. The molecule has 0 bridgehead atoms. The number of benzene rings is 1. The van der Waals surface area contributed by atoms with E-state index in [1.807, 2.05) is 6.92 Å². The van der Waals surface area contributed by atoms with Crippen LogP contribution < -0.4 is 9.47 Å². The van der Waals surface area contributed by atoms with Crippen molar-refractivity contribution >= 4 is 9.84 Å². The molecule has 1 heterocycles. The number of nitrogens with zero attached hydrogens (tertiary/aromatic N) is 1. The van der Waals surface area contributed by atoms with Crippen molar-refractivity contribution in [1.82, 2.24) is 5.06 Å². The van der Waals surface area contributed by atoms with E-state index in [1.54, 1.807) is 6.07 Å². The second kappa shape index (κ2) is 7.29. The predicted octanol–water partition coefficient (Wildman–Crippen LogP) is 3.02. The number of ether oxygens (including phenoxy) is 2. The average molecular weight is 357 g/mol. The molecule has 0 unspecified atom stereocenters. The number of methoxy groups -OCH3 is 2. The highest BCUT2D eigenvalue weighted by molar-refractivity contribution is 7.91. The molecule has 0 radical (unpaired) electrons. The predicted molar refractivity (Wildman–Crippen MR) is 91.5 cm³/mol. The minimum absolute atomic E-state index is 0.102. The smallest absolute Gasteiger partial charge is 0.180 e. The minimum Gasteiger partial charge on any atom is -0.493 e. The molecule has 24 heavy (non-hydrogen) atoms. The van der Waals surface area contributed by atoms with E-state index in [-0.39, 0.29) is 17.2 Å². The van der Waals surface area contributed by atoms with E-state index >= 15 is 0 Å². The van der Waals surface area contributed by atoms with E-state index in [1.165, 1.54) is 25.3 Å². The molecule has 0 aliphatic carbocycles. The molecule has 1 aliphatic heterocycles. The third-order valence-corrected chi connectivity index (χ3v) is 6.85. The molecular formula is C17H27NO5S. The van der Waals surface area contributed by atoms with Gasteiger partial charge in [-0.15, -0.1) is 0 Å². The molecule has 1 aliphatic rings. The molecule has 1 N–H and O–H groups in total. The third-order valence-electron chi connectivity index (χ3n) is 4.88. The maximum atomic E-state index is 13.0. The molecule has 0 fully saturated rings. The van der Waals surface area contributed by atoms with Gasteiger partial charge in [-0.1, -0.05) is 26.7 Å². The summed E-state index contributed by atoms with van der Waals surface area (Å²) in [4.78, 5) is 0.214. The SMILES string of the molecule is CCCC[C@]1(CC)CS(=O)(=O)c2cc(OC)c(OC)cc2CN1O. The highest BCUT2D eigenvalue weighted by atomic mass is 32.2. The molecule has 1 aromatic rings. The lowest BCUT2D eigenvalue weighted by molar-refractivity contribution is -0.178. The molecule has 0 saturated heterocycles. The Kier molecular flexibility index (Phi) is 5.78. The van der Waals surface area contributed by atoms with Gasteiger partial charge in [-0.05, 0) is 24.5 Å². The summed E-state index contributed by atoms with van der Waals surface area (Å²) in [7, 11) is -0.577. The third kappa shape index (κ3) is 3.38. The Morgan fingerprint density at radius 1 is 1.21 bits per heavy atom. The van der Waals surface area contributed by atoms with Crippen LogP contribution in [0.3, 0.4) is 0 Å². The van der Waals surface area contributed by atoms with Crippen LogP contribution in [0.2, 0.25) is 0 Å². The second-order valence-corrected chi connectivity index (χ2v) is 8.27. The fourth-order valence-corrected chi connectivity index (χ4v) is 5.49. The van der Waals surface area contributed by atoms with E-state index in [9.17, 15) is 13.6 Å². The zero-order chi connectivity index (χ0) is 18.0. The number of rotatable bonds is 6. The summed E-state index contributed by atoms with van der Waals surface area (Å²) >= 11 is 0. The Hall–Kier alpha value is -1.31. The zero-order valence-corrected chi connectivity index (χ0v) is 15.6. The van der Waals surface area contributed by atoms with Crippen LogP contribution in [0.15, 0.2) is 17.0 Å². The molecule has 1 aromatic carbocycles. The van der Waals surface area contributed by atoms with Crippen LogP contribution in [-0.2, 0) is 16.4 Å². The fourth-order valence-electron chi connectivity index (χ4n) is 3.32. The van der Waals surface area contributed by atoms with Crippen molar-refractivity contribution in [2.45, 2.75) is 56.5 Å². The van der Waals surface area contributed by atoms with E-state index in [4.69, 9.17) is 9.47 Å². The standard InChI is InChI=1S/C17H27NO5S/c1-5-7-8-17(6-2)12-24(20,21)16-10-15(23-4)14(22-3)9-13(16)11-18(17)19/h9-10,19H,5-8,11-12H2,1-4H3/t17-/m1/s1. The molecule has 0 aromatic heterocycles. The van der Waals surface area contributed by atoms with Gasteiger partial charge in [0.05, 0.1) is 37.0 Å². The summed E-state index contributed by atoms with van der Waals surface area (Å²) in [6.07, 6.45) is 3.01. The molecular weight excluding hydrogens is 330 g/mol. The van der Waals surface area contributed by atoms with Gasteiger partial charge < -0.3 is 14.7 Å².